The van der Waals surface area contributed by atoms with Crippen LogP contribution in [0.25, 0.3) is 0 Å². The molecule has 2 aromatic carbocycles. The third-order valence-electron chi connectivity index (χ3n) is 3.52. The Labute approximate surface area is 134 Å². The average molecular weight is 350 g/mol. The van der Waals surface area contributed by atoms with Gasteiger partial charge < -0.3 is 5.32 Å². The van der Waals surface area contributed by atoms with Crippen LogP contribution in [0.3, 0.4) is 0 Å². The Hall–Kier alpha value is -1.19. The lowest BCUT2D eigenvalue weighted by molar-refractivity contribution is 0.512. The molecule has 112 valence electrons. The molecule has 0 radical (unpaired) electrons. The normalized spacial score (nSPS) is 12.4. The SMILES string of the molecule is CCCNC(Cc1cc(Br)ccc1F)c1cccc(C)c1. The second-order valence-electron chi connectivity index (χ2n) is 5.36. The van der Waals surface area contributed by atoms with Crippen molar-refractivity contribution in [2.45, 2.75) is 32.7 Å². The molecule has 1 N–H and O–H groups in total. The van der Waals surface area contributed by atoms with Crippen LogP contribution in [-0.2, 0) is 6.42 Å². The van der Waals surface area contributed by atoms with E-state index in [2.05, 4.69) is 59.4 Å². The summed E-state index contributed by atoms with van der Waals surface area (Å²) in [4.78, 5) is 0. The molecular weight excluding hydrogens is 329 g/mol. The lowest BCUT2D eigenvalue weighted by Gasteiger charge is -2.20. The molecule has 21 heavy (non-hydrogen) atoms. The minimum atomic E-state index is -0.144. The van der Waals surface area contributed by atoms with E-state index in [1.807, 2.05) is 6.07 Å². The van der Waals surface area contributed by atoms with Crippen molar-refractivity contribution in [3.63, 3.8) is 0 Å². The molecule has 2 rings (SSSR count). The van der Waals surface area contributed by atoms with Gasteiger partial charge in [-0.1, -0.05) is 52.7 Å². The number of halogens is 2. The zero-order chi connectivity index (χ0) is 15.2. The lowest BCUT2D eigenvalue weighted by Crippen LogP contribution is -2.24. The van der Waals surface area contributed by atoms with Crippen LogP contribution in [-0.4, -0.2) is 6.54 Å². The van der Waals surface area contributed by atoms with Gasteiger partial charge in [-0.25, -0.2) is 4.39 Å². The van der Waals surface area contributed by atoms with Gasteiger partial charge in [0.15, 0.2) is 0 Å². The molecule has 0 saturated heterocycles. The second kappa shape index (κ2) is 7.71. The van der Waals surface area contributed by atoms with Crippen molar-refractivity contribution >= 4 is 15.9 Å². The Bertz CT molecular complexity index is 598. The van der Waals surface area contributed by atoms with Gasteiger partial charge in [-0.3, -0.25) is 0 Å². The van der Waals surface area contributed by atoms with Crippen molar-refractivity contribution in [3.05, 3.63) is 69.4 Å². The molecule has 0 saturated carbocycles. The van der Waals surface area contributed by atoms with E-state index in [4.69, 9.17) is 0 Å². The van der Waals surface area contributed by atoms with Crippen molar-refractivity contribution in [1.29, 1.82) is 0 Å². The summed E-state index contributed by atoms with van der Waals surface area (Å²) in [6.45, 7) is 5.15. The van der Waals surface area contributed by atoms with E-state index in [1.54, 1.807) is 6.07 Å². The Morgan fingerprint density at radius 1 is 1.19 bits per heavy atom. The summed E-state index contributed by atoms with van der Waals surface area (Å²) in [5, 5.41) is 3.53. The molecule has 0 bridgehead atoms. The zero-order valence-corrected chi connectivity index (χ0v) is 14.1. The van der Waals surface area contributed by atoms with E-state index in [9.17, 15) is 4.39 Å². The van der Waals surface area contributed by atoms with Crippen molar-refractivity contribution in [2.75, 3.05) is 6.54 Å². The third kappa shape index (κ3) is 4.65. The maximum Gasteiger partial charge on any atom is 0.126 e. The summed E-state index contributed by atoms with van der Waals surface area (Å²) in [5.41, 5.74) is 3.17. The van der Waals surface area contributed by atoms with Crippen LogP contribution >= 0.6 is 15.9 Å². The molecule has 0 aliphatic heterocycles. The molecule has 0 heterocycles. The highest BCUT2D eigenvalue weighted by Gasteiger charge is 2.14. The monoisotopic (exact) mass is 349 g/mol. The molecule has 0 fully saturated rings. The highest BCUT2D eigenvalue weighted by atomic mass is 79.9. The van der Waals surface area contributed by atoms with Gasteiger partial charge in [-0.15, -0.1) is 0 Å². The van der Waals surface area contributed by atoms with Crippen LogP contribution in [0, 0.1) is 12.7 Å². The van der Waals surface area contributed by atoms with Gasteiger partial charge >= 0.3 is 0 Å². The van der Waals surface area contributed by atoms with Crippen LogP contribution in [0.5, 0.6) is 0 Å². The number of rotatable bonds is 6. The quantitative estimate of drug-likeness (QED) is 0.757. The van der Waals surface area contributed by atoms with Gasteiger partial charge in [0.2, 0.25) is 0 Å². The molecule has 3 heteroatoms. The first-order valence-corrected chi connectivity index (χ1v) is 8.13. The van der Waals surface area contributed by atoms with E-state index in [0.717, 1.165) is 23.0 Å². The van der Waals surface area contributed by atoms with E-state index < -0.39 is 0 Å². The van der Waals surface area contributed by atoms with Gasteiger partial charge in [0.05, 0.1) is 0 Å². The molecule has 2 aromatic rings. The maximum atomic E-state index is 14.0. The summed E-state index contributed by atoms with van der Waals surface area (Å²) in [5.74, 6) is -0.144. The van der Waals surface area contributed by atoms with Crippen LogP contribution in [0.15, 0.2) is 46.9 Å². The predicted molar refractivity (Wildman–Crippen MR) is 90.0 cm³/mol. The first-order valence-electron chi connectivity index (χ1n) is 7.34. The van der Waals surface area contributed by atoms with E-state index in [0.29, 0.717) is 6.42 Å². The highest BCUT2D eigenvalue weighted by Crippen LogP contribution is 2.23. The van der Waals surface area contributed by atoms with Gasteiger partial charge in [-0.2, -0.15) is 0 Å². The Morgan fingerprint density at radius 3 is 2.71 bits per heavy atom. The topological polar surface area (TPSA) is 12.0 Å². The minimum Gasteiger partial charge on any atom is -0.310 e. The first kappa shape index (κ1) is 16.2. The lowest BCUT2D eigenvalue weighted by atomic mass is 9.97. The fourth-order valence-electron chi connectivity index (χ4n) is 2.43. The van der Waals surface area contributed by atoms with Crippen LogP contribution in [0.2, 0.25) is 0 Å². The van der Waals surface area contributed by atoms with E-state index >= 15 is 0 Å². The molecule has 0 aliphatic rings. The highest BCUT2D eigenvalue weighted by molar-refractivity contribution is 9.10. The Morgan fingerprint density at radius 2 is 2.00 bits per heavy atom. The van der Waals surface area contributed by atoms with E-state index in [1.165, 1.54) is 17.2 Å². The Kier molecular flexibility index (Phi) is 5.95. The number of hydrogen-bond acceptors (Lipinski definition) is 1. The number of hydrogen-bond donors (Lipinski definition) is 1. The minimum absolute atomic E-state index is 0.133. The van der Waals surface area contributed by atoms with Crippen LogP contribution < -0.4 is 5.32 Å². The van der Waals surface area contributed by atoms with Crippen LogP contribution in [0.4, 0.5) is 4.39 Å². The molecule has 1 nitrogen and oxygen atoms in total. The molecule has 0 spiro atoms. The molecular formula is C18H21BrFN. The molecule has 0 aromatic heterocycles. The second-order valence-corrected chi connectivity index (χ2v) is 6.28. The molecule has 0 amide bonds. The Balaban J connectivity index is 2.25. The average Bonchev–Trinajstić information content (AvgIpc) is 2.47. The summed E-state index contributed by atoms with van der Waals surface area (Å²) >= 11 is 3.42. The predicted octanol–water partition coefficient (Wildman–Crippen LogP) is 5.18. The molecule has 1 atom stereocenters. The number of aryl methyl sites for hydroxylation is 1. The standard InChI is InChI=1S/C18H21BrFN/c1-3-9-21-18(14-6-4-5-13(2)10-14)12-15-11-16(19)7-8-17(15)20/h4-8,10-11,18,21H,3,9,12H2,1-2H3. The number of benzene rings is 2. The zero-order valence-electron chi connectivity index (χ0n) is 12.5. The smallest absolute Gasteiger partial charge is 0.126 e. The summed E-state index contributed by atoms with van der Waals surface area (Å²) in [6.07, 6.45) is 1.71. The van der Waals surface area contributed by atoms with Gasteiger partial charge in [0.1, 0.15) is 5.82 Å². The van der Waals surface area contributed by atoms with Gasteiger partial charge in [0, 0.05) is 10.5 Å². The van der Waals surface area contributed by atoms with Crippen molar-refractivity contribution in [1.82, 2.24) is 5.32 Å². The fourth-order valence-corrected chi connectivity index (χ4v) is 2.84. The fraction of sp³-hybridized carbons (Fsp3) is 0.333. The molecule has 0 aliphatic carbocycles. The largest absolute Gasteiger partial charge is 0.310 e. The number of nitrogens with one attached hydrogen (secondary N) is 1. The van der Waals surface area contributed by atoms with Crippen molar-refractivity contribution in [2.24, 2.45) is 0 Å². The first-order chi connectivity index (χ1) is 10.1. The maximum absolute atomic E-state index is 14.0. The molecule has 1 unspecified atom stereocenters. The third-order valence-corrected chi connectivity index (χ3v) is 4.01. The van der Waals surface area contributed by atoms with Gasteiger partial charge in [0.25, 0.3) is 0 Å². The summed E-state index contributed by atoms with van der Waals surface area (Å²) in [6, 6.07) is 13.7. The van der Waals surface area contributed by atoms with E-state index in [-0.39, 0.29) is 11.9 Å². The summed E-state index contributed by atoms with van der Waals surface area (Å²) in [7, 11) is 0. The van der Waals surface area contributed by atoms with Gasteiger partial charge in [-0.05, 0) is 55.6 Å². The van der Waals surface area contributed by atoms with Crippen LogP contribution in [0.1, 0.15) is 36.1 Å². The summed E-state index contributed by atoms with van der Waals surface area (Å²) < 4.78 is 14.9. The van der Waals surface area contributed by atoms with Crippen molar-refractivity contribution in [3.8, 4) is 0 Å². The van der Waals surface area contributed by atoms with Crippen molar-refractivity contribution < 1.29 is 4.39 Å².